The van der Waals surface area contributed by atoms with Crippen molar-refractivity contribution < 1.29 is 9.53 Å². The molecule has 12 heavy (non-hydrogen) atoms. The molecule has 0 aromatic heterocycles. The van der Waals surface area contributed by atoms with Gasteiger partial charge in [-0.3, -0.25) is 4.79 Å². The second-order valence-electron chi connectivity index (χ2n) is 3.54. The number of esters is 1. The van der Waals surface area contributed by atoms with Crippen molar-refractivity contribution in [3.63, 3.8) is 0 Å². The molecule has 0 heterocycles. The Kier molecular flexibility index (Phi) is 4.01. The standard InChI is InChI=1S/C10H18O2/c1-6-10(4,7-8(2)3)9(11)12-5/h2,6-7H2,1,3-5H3. The minimum atomic E-state index is -0.388. The van der Waals surface area contributed by atoms with E-state index >= 15 is 0 Å². The van der Waals surface area contributed by atoms with Gasteiger partial charge in [-0.15, -0.1) is 6.58 Å². The fourth-order valence-electron chi connectivity index (χ4n) is 1.25. The quantitative estimate of drug-likeness (QED) is 0.478. The number of carbonyl (C=O) groups is 1. The molecule has 0 aromatic rings. The Labute approximate surface area is 74.6 Å². The van der Waals surface area contributed by atoms with Crippen molar-refractivity contribution in [3.05, 3.63) is 12.2 Å². The highest BCUT2D eigenvalue weighted by molar-refractivity contribution is 5.76. The third kappa shape index (κ3) is 2.68. The Morgan fingerprint density at radius 1 is 1.58 bits per heavy atom. The molecule has 0 saturated heterocycles. The molecule has 0 aliphatic carbocycles. The summed E-state index contributed by atoms with van der Waals surface area (Å²) < 4.78 is 4.73. The molecule has 0 N–H and O–H groups in total. The summed E-state index contributed by atoms with van der Waals surface area (Å²) in [7, 11) is 1.43. The Balaban J connectivity index is 4.44. The van der Waals surface area contributed by atoms with Crippen LogP contribution in [0.3, 0.4) is 0 Å². The summed E-state index contributed by atoms with van der Waals surface area (Å²) in [5, 5.41) is 0. The summed E-state index contributed by atoms with van der Waals surface area (Å²) in [4.78, 5) is 11.3. The van der Waals surface area contributed by atoms with E-state index in [1.807, 2.05) is 20.8 Å². The fourth-order valence-corrected chi connectivity index (χ4v) is 1.25. The van der Waals surface area contributed by atoms with Crippen LogP contribution >= 0.6 is 0 Å². The largest absolute Gasteiger partial charge is 0.469 e. The molecule has 0 aromatic carbocycles. The molecule has 0 radical (unpaired) electrons. The van der Waals surface area contributed by atoms with E-state index in [-0.39, 0.29) is 11.4 Å². The molecular formula is C10H18O2. The number of ether oxygens (including phenoxy) is 1. The number of hydrogen-bond acceptors (Lipinski definition) is 2. The van der Waals surface area contributed by atoms with E-state index in [9.17, 15) is 4.79 Å². The smallest absolute Gasteiger partial charge is 0.311 e. The second-order valence-corrected chi connectivity index (χ2v) is 3.54. The number of hydrogen-bond donors (Lipinski definition) is 0. The number of carbonyl (C=O) groups excluding carboxylic acids is 1. The van der Waals surface area contributed by atoms with E-state index in [1.165, 1.54) is 7.11 Å². The van der Waals surface area contributed by atoms with Crippen molar-refractivity contribution in [1.82, 2.24) is 0 Å². The Bertz CT molecular complexity index is 184. The van der Waals surface area contributed by atoms with E-state index in [1.54, 1.807) is 0 Å². The zero-order valence-electron chi connectivity index (χ0n) is 8.44. The first-order valence-corrected chi connectivity index (χ1v) is 4.19. The van der Waals surface area contributed by atoms with E-state index in [4.69, 9.17) is 4.74 Å². The zero-order chi connectivity index (χ0) is 9.78. The highest BCUT2D eigenvalue weighted by Gasteiger charge is 2.31. The summed E-state index contributed by atoms with van der Waals surface area (Å²) in [5.41, 5.74) is 0.630. The van der Waals surface area contributed by atoms with Gasteiger partial charge in [0.05, 0.1) is 12.5 Å². The van der Waals surface area contributed by atoms with Gasteiger partial charge in [0.15, 0.2) is 0 Å². The second kappa shape index (κ2) is 4.29. The first kappa shape index (κ1) is 11.2. The first-order chi connectivity index (χ1) is 5.46. The molecule has 70 valence electrons. The highest BCUT2D eigenvalue weighted by Crippen LogP contribution is 2.30. The molecule has 1 atom stereocenters. The third-order valence-corrected chi connectivity index (χ3v) is 2.15. The van der Waals surface area contributed by atoms with Crippen LogP contribution in [0.25, 0.3) is 0 Å². The Hall–Kier alpha value is -0.790. The van der Waals surface area contributed by atoms with Gasteiger partial charge >= 0.3 is 5.97 Å². The molecule has 0 fully saturated rings. The molecule has 1 unspecified atom stereocenters. The van der Waals surface area contributed by atoms with Gasteiger partial charge in [-0.05, 0) is 26.7 Å². The van der Waals surface area contributed by atoms with Crippen LogP contribution in [0, 0.1) is 5.41 Å². The van der Waals surface area contributed by atoms with Gasteiger partial charge in [0.2, 0.25) is 0 Å². The predicted molar refractivity (Wildman–Crippen MR) is 49.8 cm³/mol. The molecule has 0 saturated carbocycles. The average molecular weight is 170 g/mol. The molecule has 0 bridgehead atoms. The summed E-state index contributed by atoms with van der Waals surface area (Å²) in [6.07, 6.45) is 1.49. The van der Waals surface area contributed by atoms with Crippen molar-refractivity contribution in [2.75, 3.05) is 7.11 Å². The molecule has 2 nitrogen and oxygen atoms in total. The maximum Gasteiger partial charge on any atom is 0.311 e. The molecule has 0 aliphatic rings. The van der Waals surface area contributed by atoms with Gasteiger partial charge in [0.1, 0.15) is 0 Å². The monoisotopic (exact) mass is 170 g/mol. The predicted octanol–water partition coefficient (Wildman–Crippen LogP) is 2.54. The molecule has 0 aliphatic heterocycles. The summed E-state index contributed by atoms with van der Waals surface area (Å²) >= 11 is 0. The lowest BCUT2D eigenvalue weighted by atomic mass is 9.82. The van der Waals surface area contributed by atoms with Crippen LogP contribution in [-0.2, 0) is 9.53 Å². The van der Waals surface area contributed by atoms with E-state index in [2.05, 4.69) is 6.58 Å². The third-order valence-electron chi connectivity index (χ3n) is 2.15. The molecular weight excluding hydrogens is 152 g/mol. The van der Waals surface area contributed by atoms with Crippen molar-refractivity contribution in [2.45, 2.75) is 33.6 Å². The lowest BCUT2D eigenvalue weighted by molar-refractivity contribution is -0.151. The van der Waals surface area contributed by atoms with Gasteiger partial charge in [-0.25, -0.2) is 0 Å². The van der Waals surface area contributed by atoms with Crippen LogP contribution in [0.5, 0.6) is 0 Å². The minimum absolute atomic E-state index is 0.145. The summed E-state index contributed by atoms with van der Waals surface area (Å²) in [5.74, 6) is -0.145. The molecule has 0 amide bonds. The van der Waals surface area contributed by atoms with E-state index in [0.717, 1.165) is 12.0 Å². The van der Waals surface area contributed by atoms with Crippen LogP contribution < -0.4 is 0 Å². The summed E-state index contributed by atoms with van der Waals surface area (Å²) in [6, 6.07) is 0. The van der Waals surface area contributed by atoms with Crippen LogP contribution in [-0.4, -0.2) is 13.1 Å². The topological polar surface area (TPSA) is 26.3 Å². The van der Waals surface area contributed by atoms with Gasteiger partial charge in [0.25, 0.3) is 0 Å². The molecule has 0 rings (SSSR count). The lowest BCUT2D eigenvalue weighted by Crippen LogP contribution is -2.28. The summed E-state index contributed by atoms with van der Waals surface area (Å²) in [6.45, 7) is 9.62. The van der Waals surface area contributed by atoms with Crippen molar-refractivity contribution in [2.24, 2.45) is 5.41 Å². The zero-order valence-corrected chi connectivity index (χ0v) is 8.44. The Morgan fingerprint density at radius 3 is 2.33 bits per heavy atom. The van der Waals surface area contributed by atoms with Crippen LogP contribution in [0.15, 0.2) is 12.2 Å². The lowest BCUT2D eigenvalue weighted by Gasteiger charge is -2.24. The normalized spacial score (nSPS) is 15.0. The van der Waals surface area contributed by atoms with Crippen molar-refractivity contribution in [1.29, 1.82) is 0 Å². The maximum atomic E-state index is 11.3. The van der Waals surface area contributed by atoms with E-state index < -0.39 is 0 Å². The maximum absolute atomic E-state index is 11.3. The van der Waals surface area contributed by atoms with Crippen molar-refractivity contribution in [3.8, 4) is 0 Å². The number of methoxy groups -OCH3 is 1. The van der Waals surface area contributed by atoms with Crippen molar-refractivity contribution >= 4 is 5.97 Å². The van der Waals surface area contributed by atoms with Crippen LogP contribution in [0.2, 0.25) is 0 Å². The van der Waals surface area contributed by atoms with Crippen LogP contribution in [0.4, 0.5) is 0 Å². The van der Waals surface area contributed by atoms with Gasteiger partial charge in [-0.2, -0.15) is 0 Å². The first-order valence-electron chi connectivity index (χ1n) is 4.19. The number of rotatable bonds is 4. The average Bonchev–Trinajstić information content (AvgIpc) is 2.01. The van der Waals surface area contributed by atoms with Gasteiger partial charge < -0.3 is 4.74 Å². The Morgan fingerprint density at radius 2 is 2.08 bits per heavy atom. The van der Waals surface area contributed by atoms with Gasteiger partial charge in [0, 0.05) is 0 Å². The van der Waals surface area contributed by atoms with E-state index in [0.29, 0.717) is 6.42 Å². The highest BCUT2D eigenvalue weighted by atomic mass is 16.5. The van der Waals surface area contributed by atoms with Crippen LogP contribution in [0.1, 0.15) is 33.6 Å². The SMILES string of the molecule is C=C(C)CC(C)(CC)C(=O)OC. The number of allylic oxidation sites excluding steroid dienone is 1. The fraction of sp³-hybridized carbons (Fsp3) is 0.700. The minimum Gasteiger partial charge on any atom is -0.469 e. The molecule has 0 spiro atoms. The van der Waals surface area contributed by atoms with Gasteiger partial charge in [-0.1, -0.05) is 12.5 Å². The molecule has 2 heteroatoms.